The van der Waals surface area contributed by atoms with Crippen molar-refractivity contribution in [2.24, 2.45) is 0 Å². The molecule has 2 aliphatic heterocycles. The smallest absolute Gasteiger partial charge is 0.155 e. The van der Waals surface area contributed by atoms with Crippen molar-refractivity contribution in [2.45, 2.75) is 44.6 Å². The minimum absolute atomic E-state index is 0.545. The van der Waals surface area contributed by atoms with Crippen LogP contribution in [0.3, 0.4) is 0 Å². The van der Waals surface area contributed by atoms with Crippen LogP contribution in [0, 0.1) is 0 Å². The van der Waals surface area contributed by atoms with E-state index in [1.807, 2.05) is 0 Å². The minimum atomic E-state index is 0.545. The molecule has 0 saturated carbocycles. The molecule has 1 saturated heterocycles. The van der Waals surface area contributed by atoms with Gasteiger partial charge < -0.3 is 4.90 Å². The largest absolute Gasteiger partial charge is 0.306 e. The summed E-state index contributed by atoms with van der Waals surface area (Å²) in [6.07, 6.45) is 4.85. The van der Waals surface area contributed by atoms with Crippen LogP contribution in [0.2, 0.25) is 0 Å². The maximum Gasteiger partial charge on any atom is 0.155 e. The first-order valence-corrected chi connectivity index (χ1v) is 6.38. The fraction of sp³-hybridized carbons (Fsp3) is 0.833. The fourth-order valence-electron chi connectivity index (χ4n) is 2.89. The van der Waals surface area contributed by atoms with Crippen molar-refractivity contribution >= 4 is 0 Å². The summed E-state index contributed by atoms with van der Waals surface area (Å²) in [6, 6.07) is 0.545. The second-order valence-corrected chi connectivity index (χ2v) is 5.32. The lowest BCUT2D eigenvalue weighted by Crippen LogP contribution is -2.16. The molecule has 0 aromatic carbocycles. The Hall–Kier alpha value is -0.900. The Labute approximate surface area is 96.7 Å². The lowest BCUT2D eigenvalue weighted by atomic mass is 10.1. The van der Waals surface area contributed by atoms with E-state index >= 15 is 0 Å². The first-order chi connectivity index (χ1) is 7.74. The Bertz CT molecular complexity index is 384. The molecule has 4 heteroatoms. The van der Waals surface area contributed by atoms with Gasteiger partial charge in [0.15, 0.2) is 5.82 Å². The highest BCUT2D eigenvalue weighted by Crippen LogP contribution is 2.28. The second kappa shape index (κ2) is 3.84. The van der Waals surface area contributed by atoms with Gasteiger partial charge in [0.2, 0.25) is 0 Å². The van der Waals surface area contributed by atoms with E-state index in [4.69, 9.17) is 10.1 Å². The molecule has 0 aliphatic carbocycles. The number of aromatic nitrogens is 3. The number of rotatable bonds is 1. The van der Waals surface area contributed by atoms with E-state index in [0.29, 0.717) is 12.0 Å². The summed E-state index contributed by atoms with van der Waals surface area (Å²) < 4.78 is 2.16. The lowest BCUT2D eigenvalue weighted by Gasteiger charge is -2.18. The molecule has 0 N–H and O–H groups in total. The molecule has 0 radical (unpaired) electrons. The number of hydrogen-bond acceptors (Lipinski definition) is 3. The quantitative estimate of drug-likeness (QED) is 0.721. The summed E-state index contributed by atoms with van der Waals surface area (Å²) in [6.45, 7) is 4.56. The molecule has 3 rings (SSSR count). The molecule has 1 aromatic rings. The first-order valence-electron chi connectivity index (χ1n) is 6.38. The Morgan fingerprint density at radius 1 is 1.31 bits per heavy atom. The van der Waals surface area contributed by atoms with E-state index in [2.05, 4.69) is 23.6 Å². The van der Waals surface area contributed by atoms with Gasteiger partial charge in [-0.2, -0.15) is 5.10 Å². The van der Waals surface area contributed by atoms with Crippen LogP contribution in [0.15, 0.2) is 0 Å². The van der Waals surface area contributed by atoms with Gasteiger partial charge in [0.05, 0.1) is 6.04 Å². The van der Waals surface area contributed by atoms with Crippen LogP contribution in [0.5, 0.6) is 0 Å². The van der Waals surface area contributed by atoms with E-state index in [9.17, 15) is 0 Å². The molecule has 2 aliphatic rings. The van der Waals surface area contributed by atoms with E-state index in [1.54, 1.807) is 0 Å². The van der Waals surface area contributed by atoms with Crippen LogP contribution in [0.1, 0.15) is 49.8 Å². The zero-order chi connectivity index (χ0) is 11.1. The first kappa shape index (κ1) is 10.3. The van der Waals surface area contributed by atoms with Gasteiger partial charge in [-0.25, -0.2) is 9.67 Å². The molecule has 0 spiro atoms. The highest BCUT2D eigenvalue weighted by molar-refractivity contribution is 5.05. The van der Waals surface area contributed by atoms with Crippen molar-refractivity contribution in [3.05, 3.63) is 11.6 Å². The van der Waals surface area contributed by atoms with Crippen molar-refractivity contribution in [2.75, 3.05) is 20.1 Å². The molecule has 0 amide bonds. The van der Waals surface area contributed by atoms with Crippen molar-refractivity contribution in [1.29, 1.82) is 0 Å². The van der Waals surface area contributed by atoms with E-state index < -0.39 is 0 Å². The zero-order valence-electron chi connectivity index (χ0n) is 10.2. The van der Waals surface area contributed by atoms with Crippen LogP contribution < -0.4 is 0 Å². The maximum atomic E-state index is 4.74. The molecule has 2 atom stereocenters. The van der Waals surface area contributed by atoms with Crippen molar-refractivity contribution < 1.29 is 0 Å². The van der Waals surface area contributed by atoms with Crippen LogP contribution in [0.4, 0.5) is 0 Å². The molecular formula is C12H20N4. The molecule has 1 aromatic heterocycles. The van der Waals surface area contributed by atoms with E-state index in [1.165, 1.54) is 31.6 Å². The number of aryl methyl sites for hydroxylation is 1. The van der Waals surface area contributed by atoms with Crippen molar-refractivity contribution in [3.63, 3.8) is 0 Å². The van der Waals surface area contributed by atoms with Gasteiger partial charge in [-0.3, -0.25) is 0 Å². The van der Waals surface area contributed by atoms with Crippen LogP contribution >= 0.6 is 0 Å². The van der Waals surface area contributed by atoms with Crippen molar-refractivity contribution in [3.8, 4) is 0 Å². The van der Waals surface area contributed by atoms with Gasteiger partial charge in [-0.05, 0) is 39.8 Å². The van der Waals surface area contributed by atoms with E-state index in [0.717, 1.165) is 18.8 Å². The monoisotopic (exact) mass is 220 g/mol. The maximum absolute atomic E-state index is 4.74. The number of nitrogens with zero attached hydrogens (tertiary/aromatic N) is 4. The molecule has 3 heterocycles. The molecule has 16 heavy (non-hydrogen) atoms. The average Bonchev–Trinajstić information content (AvgIpc) is 2.84. The molecule has 88 valence electrons. The second-order valence-electron chi connectivity index (χ2n) is 5.32. The highest BCUT2D eigenvalue weighted by atomic mass is 15.4. The number of likely N-dealkylation sites (N-methyl/N-ethyl adjacent to an activating group) is 1. The molecule has 2 unspecified atom stereocenters. The summed E-state index contributed by atoms with van der Waals surface area (Å²) in [5.74, 6) is 2.87. The molecular weight excluding hydrogens is 200 g/mol. The number of fused-ring (bicyclic) bond motifs is 1. The van der Waals surface area contributed by atoms with Gasteiger partial charge in [0.25, 0.3) is 0 Å². The summed E-state index contributed by atoms with van der Waals surface area (Å²) in [4.78, 5) is 7.11. The normalized spacial score (nSPS) is 30.6. The van der Waals surface area contributed by atoms with Crippen molar-refractivity contribution in [1.82, 2.24) is 19.7 Å². The Morgan fingerprint density at radius 2 is 2.19 bits per heavy atom. The van der Waals surface area contributed by atoms with E-state index in [-0.39, 0.29) is 0 Å². The Kier molecular flexibility index (Phi) is 2.46. The van der Waals surface area contributed by atoms with Crippen LogP contribution in [-0.4, -0.2) is 39.8 Å². The fourth-order valence-corrected chi connectivity index (χ4v) is 2.89. The lowest BCUT2D eigenvalue weighted by molar-refractivity contribution is 0.384. The summed E-state index contributed by atoms with van der Waals surface area (Å²) >= 11 is 0. The van der Waals surface area contributed by atoms with Gasteiger partial charge in [-0.1, -0.05) is 0 Å². The Balaban J connectivity index is 1.86. The third-order valence-electron chi connectivity index (χ3n) is 3.91. The standard InChI is InChI=1S/C12H20N4/c1-9-4-3-5-11-13-12(14-16(9)11)10-6-7-15(2)8-10/h9-10H,3-8H2,1-2H3. The zero-order valence-corrected chi connectivity index (χ0v) is 10.2. The van der Waals surface area contributed by atoms with Gasteiger partial charge in [0.1, 0.15) is 5.82 Å². The third-order valence-corrected chi connectivity index (χ3v) is 3.91. The molecule has 4 nitrogen and oxygen atoms in total. The van der Waals surface area contributed by atoms with Gasteiger partial charge in [-0.15, -0.1) is 0 Å². The predicted octanol–water partition coefficient (Wildman–Crippen LogP) is 1.59. The highest BCUT2D eigenvalue weighted by Gasteiger charge is 2.27. The summed E-state index contributed by atoms with van der Waals surface area (Å²) in [5, 5.41) is 4.73. The number of likely N-dealkylation sites (tertiary alicyclic amines) is 1. The summed E-state index contributed by atoms with van der Waals surface area (Å²) in [5.41, 5.74) is 0. The third kappa shape index (κ3) is 1.65. The molecule has 1 fully saturated rings. The van der Waals surface area contributed by atoms with Crippen LogP contribution in [-0.2, 0) is 6.42 Å². The summed E-state index contributed by atoms with van der Waals surface area (Å²) in [7, 11) is 2.18. The predicted molar refractivity (Wildman–Crippen MR) is 62.5 cm³/mol. The topological polar surface area (TPSA) is 34.0 Å². The average molecular weight is 220 g/mol. The van der Waals surface area contributed by atoms with Gasteiger partial charge in [0, 0.05) is 18.9 Å². The Morgan fingerprint density at radius 3 is 2.88 bits per heavy atom. The van der Waals surface area contributed by atoms with Gasteiger partial charge >= 0.3 is 0 Å². The molecule has 0 bridgehead atoms. The van der Waals surface area contributed by atoms with Crippen LogP contribution in [0.25, 0.3) is 0 Å². The minimum Gasteiger partial charge on any atom is -0.306 e. The SMILES string of the molecule is CC1CCCc2nc(C3CCN(C)C3)nn21. The number of hydrogen-bond donors (Lipinski definition) is 0.